The van der Waals surface area contributed by atoms with E-state index in [1.54, 1.807) is 16.8 Å². The van der Waals surface area contributed by atoms with Crippen molar-refractivity contribution in [2.24, 2.45) is 0 Å². The molecule has 1 atom stereocenters. The SMILES string of the molecule is Cc1cc(C)n2nc(C(=O)NC[C@H]3Cc4cccc(-c5ncccc5C)c4O3)cc2n1. The summed E-state index contributed by atoms with van der Waals surface area (Å²) in [7, 11) is 0. The Morgan fingerprint density at radius 3 is 2.90 bits per heavy atom. The van der Waals surface area contributed by atoms with E-state index in [1.807, 2.05) is 51.1 Å². The number of carbonyl (C=O) groups excluding carboxylic acids is 1. The molecule has 0 bridgehead atoms. The number of nitrogens with zero attached hydrogens (tertiary/aromatic N) is 4. The number of para-hydroxylation sites is 1. The Morgan fingerprint density at radius 2 is 2.06 bits per heavy atom. The molecule has 4 aromatic rings. The molecule has 0 saturated heterocycles. The van der Waals surface area contributed by atoms with Crippen molar-refractivity contribution in [1.82, 2.24) is 24.9 Å². The lowest BCUT2D eigenvalue weighted by molar-refractivity contribution is 0.0928. The van der Waals surface area contributed by atoms with Gasteiger partial charge in [0.15, 0.2) is 11.3 Å². The number of benzene rings is 1. The molecule has 156 valence electrons. The predicted octanol–water partition coefficient (Wildman–Crippen LogP) is 3.45. The van der Waals surface area contributed by atoms with Gasteiger partial charge in [-0.05, 0) is 50.1 Å². The Labute approximate surface area is 180 Å². The Bertz CT molecular complexity index is 1310. The van der Waals surface area contributed by atoms with E-state index >= 15 is 0 Å². The number of aromatic nitrogens is 4. The van der Waals surface area contributed by atoms with E-state index in [4.69, 9.17) is 4.74 Å². The predicted molar refractivity (Wildman–Crippen MR) is 117 cm³/mol. The number of ether oxygens (including phenoxy) is 1. The summed E-state index contributed by atoms with van der Waals surface area (Å²) in [5.74, 6) is 0.620. The van der Waals surface area contributed by atoms with Gasteiger partial charge < -0.3 is 10.1 Å². The molecule has 4 heterocycles. The molecule has 0 saturated carbocycles. The highest BCUT2D eigenvalue weighted by molar-refractivity contribution is 5.93. The first-order chi connectivity index (χ1) is 15.0. The molecule has 7 nitrogen and oxygen atoms in total. The summed E-state index contributed by atoms with van der Waals surface area (Å²) in [4.78, 5) is 21.7. The van der Waals surface area contributed by atoms with E-state index in [0.717, 1.165) is 45.9 Å². The van der Waals surface area contributed by atoms with Crippen LogP contribution in [0.1, 0.15) is 33.0 Å². The third-order valence-electron chi connectivity index (χ3n) is 5.55. The van der Waals surface area contributed by atoms with Crippen molar-refractivity contribution in [1.29, 1.82) is 0 Å². The Balaban J connectivity index is 1.31. The summed E-state index contributed by atoms with van der Waals surface area (Å²) in [6, 6.07) is 13.7. The molecule has 3 aromatic heterocycles. The second-order valence-electron chi connectivity index (χ2n) is 7.96. The van der Waals surface area contributed by atoms with E-state index in [0.29, 0.717) is 17.9 Å². The molecule has 0 aliphatic carbocycles. The second-order valence-corrected chi connectivity index (χ2v) is 7.96. The van der Waals surface area contributed by atoms with Crippen LogP contribution in [0, 0.1) is 20.8 Å². The summed E-state index contributed by atoms with van der Waals surface area (Å²) in [6.45, 7) is 6.31. The smallest absolute Gasteiger partial charge is 0.272 e. The summed E-state index contributed by atoms with van der Waals surface area (Å²) in [5.41, 5.74) is 6.99. The normalized spacial score (nSPS) is 15.0. The average molecular weight is 413 g/mol. The number of aryl methyl sites for hydroxylation is 3. The van der Waals surface area contributed by atoms with Gasteiger partial charge in [-0.2, -0.15) is 5.10 Å². The van der Waals surface area contributed by atoms with Crippen molar-refractivity contribution in [3.63, 3.8) is 0 Å². The number of amides is 1. The topological polar surface area (TPSA) is 81.4 Å². The van der Waals surface area contributed by atoms with E-state index in [2.05, 4.69) is 26.4 Å². The van der Waals surface area contributed by atoms with Crippen LogP contribution in [0.2, 0.25) is 0 Å². The molecule has 5 rings (SSSR count). The Morgan fingerprint density at radius 1 is 1.19 bits per heavy atom. The highest BCUT2D eigenvalue weighted by Gasteiger charge is 2.27. The third kappa shape index (κ3) is 3.52. The zero-order chi connectivity index (χ0) is 21.5. The number of nitrogens with one attached hydrogen (secondary N) is 1. The second kappa shape index (κ2) is 7.50. The zero-order valence-electron chi connectivity index (χ0n) is 17.7. The van der Waals surface area contributed by atoms with Gasteiger partial charge in [-0.3, -0.25) is 9.78 Å². The highest BCUT2D eigenvalue weighted by Crippen LogP contribution is 2.38. The summed E-state index contributed by atoms with van der Waals surface area (Å²) >= 11 is 0. The minimum Gasteiger partial charge on any atom is -0.487 e. The van der Waals surface area contributed by atoms with Crippen molar-refractivity contribution >= 4 is 11.6 Å². The molecular formula is C24H23N5O2. The lowest BCUT2D eigenvalue weighted by Crippen LogP contribution is -2.34. The molecular weight excluding hydrogens is 390 g/mol. The third-order valence-corrected chi connectivity index (χ3v) is 5.55. The van der Waals surface area contributed by atoms with E-state index in [-0.39, 0.29) is 12.0 Å². The van der Waals surface area contributed by atoms with Gasteiger partial charge in [-0.25, -0.2) is 9.50 Å². The van der Waals surface area contributed by atoms with Crippen LogP contribution < -0.4 is 10.1 Å². The quantitative estimate of drug-likeness (QED) is 0.554. The maximum absolute atomic E-state index is 12.7. The van der Waals surface area contributed by atoms with Crippen LogP contribution in [0.25, 0.3) is 16.9 Å². The van der Waals surface area contributed by atoms with Crippen molar-refractivity contribution in [2.45, 2.75) is 33.3 Å². The average Bonchev–Trinajstić information content (AvgIpc) is 3.36. The minimum atomic E-state index is -0.233. The van der Waals surface area contributed by atoms with Crippen molar-refractivity contribution in [3.8, 4) is 17.0 Å². The van der Waals surface area contributed by atoms with Crippen LogP contribution in [0.4, 0.5) is 0 Å². The monoisotopic (exact) mass is 413 g/mol. The van der Waals surface area contributed by atoms with Gasteiger partial charge in [0.1, 0.15) is 11.9 Å². The van der Waals surface area contributed by atoms with Crippen molar-refractivity contribution < 1.29 is 9.53 Å². The Kier molecular flexibility index (Phi) is 4.66. The summed E-state index contributed by atoms with van der Waals surface area (Å²) in [6.07, 6.45) is 2.39. The molecule has 1 aromatic carbocycles. The maximum atomic E-state index is 12.7. The molecule has 1 amide bonds. The highest BCUT2D eigenvalue weighted by atomic mass is 16.5. The van der Waals surface area contributed by atoms with Gasteiger partial charge >= 0.3 is 0 Å². The molecule has 7 heteroatoms. The first kappa shape index (κ1) is 19.2. The molecule has 31 heavy (non-hydrogen) atoms. The maximum Gasteiger partial charge on any atom is 0.272 e. The van der Waals surface area contributed by atoms with Crippen LogP contribution in [-0.2, 0) is 6.42 Å². The van der Waals surface area contributed by atoms with Gasteiger partial charge in [0, 0.05) is 35.6 Å². The lowest BCUT2D eigenvalue weighted by atomic mass is 10.0. The fourth-order valence-electron chi connectivity index (χ4n) is 4.10. The largest absolute Gasteiger partial charge is 0.487 e. The van der Waals surface area contributed by atoms with Gasteiger partial charge in [-0.15, -0.1) is 0 Å². The van der Waals surface area contributed by atoms with Crippen LogP contribution in [0.15, 0.2) is 48.7 Å². The molecule has 0 spiro atoms. The number of hydrogen-bond acceptors (Lipinski definition) is 5. The number of pyridine rings is 1. The van der Waals surface area contributed by atoms with Crippen molar-refractivity contribution in [2.75, 3.05) is 6.54 Å². The van der Waals surface area contributed by atoms with Crippen molar-refractivity contribution in [3.05, 3.63) is 76.9 Å². The summed E-state index contributed by atoms with van der Waals surface area (Å²) < 4.78 is 7.92. The number of fused-ring (bicyclic) bond motifs is 2. The van der Waals surface area contributed by atoms with E-state index in [1.165, 1.54) is 0 Å². The number of rotatable bonds is 4. The first-order valence-corrected chi connectivity index (χ1v) is 10.3. The Hall–Kier alpha value is -3.74. The van der Waals surface area contributed by atoms with Crippen LogP contribution >= 0.6 is 0 Å². The first-order valence-electron chi connectivity index (χ1n) is 10.3. The zero-order valence-corrected chi connectivity index (χ0v) is 17.7. The molecule has 0 unspecified atom stereocenters. The molecule has 1 aliphatic rings. The van der Waals surface area contributed by atoms with Gasteiger partial charge in [0.25, 0.3) is 5.91 Å². The van der Waals surface area contributed by atoms with Crippen LogP contribution in [-0.4, -0.2) is 38.1 Å². The fourth-order valence-corrected chi connectivity index (χ4v) is 4.10. The number of hydrogen-bond donors (Lipinski definition) is 1. The van der Waals surface area contributed by atoms with Crippen LogP contribution in [0.5, 0.6) is 5.75 Å². The minimum absolute atomic E-state index is 0.136. The molecule has 0 radical (unpaired) electrons. The van der Waals surface area contributed by atoms with Gasteiger partial charge in [0.2, 0.25) is 0 Å². The van der Waals surface area contributed by atoms with Crippen LogP contribution in [0.3, 0.4) is 0 Å². The van der Waals surface area contributed by atoms with E-state index in [9.17, 15) is 4.79 Å². The molecule has 0 fully saturated rings. The molecule has 1 aliphatic heterocycles. The molecule has 1 N–H and O–H groups in total. The summed E-state index contributed by atoms with van der Waals surface area (Å²) in [5, 5.41) is 7.35. The fraction of sp³-hybridized carbons (Fsp3) is 0.250. The van der Waals surface area contributed by atoms with E-state index < -0.39 is 0 Å². The van der Waals surface area contributed by atoms with Gasteiger partial charge in [0.05, 0.1) is 12.2 Å². The number of carbonyl (C=O) groups is 1. The standard InChI is InChI=1S/C24H23N5O2/c1-14-6-5-9-25-22(14)19-8-4-7-17-11-18(31-23(17)19)13-26-24(30)20-12-21-27-15(2)10-16(3)29(21)28-20/h4-10,12,18H,11,13H2,1-3H3,(H,26,30)/t18-/m1/s1. The van der Waals surface area contributed by atoms with Gasteiger partial charge in [-0.1, -0.05) is 18.2 Å². The lowest BCUT2D eigenvalue weighted by Gasteiger charge is -2.13.